The Kier molecular flexibility index (Phi) is 8.96. The molecule has 0 fully saturated rings. The highest BCUT2D eigenvalue weighted by molar-refractivity contribution is 7.91. The maximum absolute atomic E-state index is 13.9. The molecule has 14 heteroatoms. The molecule has 2 aromatic carbocycles. The SMILES string of the molecule is CCS(=O)(=O)CCN(C(=O)Cc1ccc(F)c(C(F)(F)F)c1)[C@@H](C)c1nc2ncccc2c(=O)n1-c1ccc(C#N)cc1. The van der Waals surface area contributed by atoms with Crippen LogP contribution in [-0.4, -0.2) is 51.8 Å². The Morgan fingerprint density at radius 2 is 1.84 bits per heavy atom. The molecule has 9 nitrogen and oxygen atoms in total. The van der Waals surface area contributed by atoms with Crippen LogP contribution in [0.15, 0.2) is 65.6 Å². The molecule has 0 aliphatic carbocycles. The molecule has 0 unspecified atom stereocenters. The van der Waals surface area contributed by atoms with E-state index in [1.165, 1.54) is 54.9 Å². The number of alkyl halides is 3. The predicted molar refractivity (Wildman–Crippen MR) is 149 cm³/mol. The summed E-state index contributed by atoms with van der Waals surface area (Å²) in [4.78, 5) is 37.1. The van der Waals surface area contributed by atoms with Crippen LogP contribution in [-0.2, 0) is 27.2 Å². The van der Waals surface area contributed by atoms with Crippen LogP contribution >= 0.6 is 0 Å². The van der Waals surface area contributed by atoms with Crippen molar-refractivity contribution in [3.63, 3.8) is 0 Å². The molecule has 4 rings (SSSR count). The maximum atomic E-state index is 13.9. The van der Waals surface area contributed by atoms with Gasteiger partial charge in [-0.15, -0.1) is 0 Å². The van der Waals surface area contributed by atoms with Gasteiger partial charge in [0.1, 0.15) is 11.6 Å². The van der Waals surface area contributed by atoms with Crippen LogP contribution in [0.5, 0.6) is 0 Å². The van der Waals surface area contributed by atoms with Crippen molar-refractivity contribution in [2.24, 2.45) is 0 Å². The Morgan fingerprint density at radius 1 is 1.14 bits per heavy atom. The highest BCUT2D eigenvalue weighted by Gasteiger charge is 2.35. The highest BCUT2D eigenvalue weighted by atomic mass is 32.2. The monoisotopic (exact) mass is 615 g/mol. The van der Waals surface area contributed by atoms with E-state index < -0.39 is 57.1 Å². The average molecular weight is 616 g/mol. The molecule has 2 heterocycles. The molecule has 0 saturated heterocycles. The summed E-state index contributed by atoms with van der Waals surface area (Å²) in [6.45, 7) is 2.56. The number of halogens is 4. The summed E-state index contributed by atoms with van der Waals surface area (Å²) >= 11 is 0. The van der Waals surface area contributed by atoms with E-state index in [4.69, 9.17) is 0 Å². The first-order valence-corrected chi connectivity index (χ1v) is 14.8. The number of sulfone groups is 1. The van der Waals surface area contributed by atoms with E-state index in [-0.39, 0.29) is 34.7 Å². The Balaban J connectivity index is 1.84. The number of benzene rings is 2. The molecule has 0 spiro atoms. The second-order valence-corrected chi connectivity index (χ2v) is 12.1. The number of nitriles is 1. The third-order valence-corrected chi connectivity index (χ3v) is 8.54. The molecule has 4 aromatic rings. The second-order valence-electron chi connectivity index (χ2n) is 9.63. The lowest BCUT2D eigenvalue weighted by Crippen LogP contribution is -2.41. The van der Waals surface area contributed by atoms with Gasteiger partial charge in [0, 0.05) is 18.5 Å². The standard InChI is InChI=1S/C29H25F4N5O4S/c1-3-43(41,42)14-13-37(25(39)16-20-8-11-24(30)23(15-20)29(31,32)33)18(2)27-36-26-22(5-4-12-35-26)28(40)38(27)21-9-6-19(17-34)7-10-21/h4-12,15,18H,3,13-14,16H2,1-2H3/t18-/m0/s1. The van der Waals surface area contributed by atoms with Gasteiger partial charge in [0.2, 0.25) is 5.91 Å². The average Bonchev–Trinajstić information content (AvgIpc) is 2.97. The van der Waals surface area contributed by atoms with Gasteiger partial charge >= 0.3 is 6.18 Å². The summed E-state index contributed by atoms with van der Waals surface area (Å²) in [7, 11) is -3.61. The maximum Gasteiger partial charge on any atom is 0.419 e. The zero-order valence-electron chi connectivity index (χ0n) is 23.0. The van der Waals surface area contributed by atoms with Crippen molar-refractivity contribution in [2.75, 3.05) is 18.1 Å². The molecule has 43 heavy (non-hydrogen) atoms. The van der Waals surface area contributed by atoms with Crippen molar-refractivity contribution >= 4 is 26.8 Å². The Bertz CT molecular complexity index is 1880. The normalized spacial score (nSPS) is 12.6. The van der Waals surface area contributed by atoms with Gasteiger partial charge in [-0.05, 0) is 61.0 Å². The van der Waals surface area contributed by atoms with Gasteiger partial charge in [-0.2, -0.15) is 18.4 Å². The van der Waals surface area contributed by atoms with Crippen molar-refractivity contribution in [1.29, 1.82) is 5.26 Å². The fourth-order valence-corrected chi connectivity index (χ4v) is 5.25. The van der Waals surface area contributed by atoms with Crippen LogP contribution in [0.3, 0.4) is 0 Å². The molecule has 0 saturated carbocycles. The lowest BCUT2D eigenvalue weighted by molar-refractivity contribution is -0.140. The first-order chi connectivity index (χ1) is 20.3. The summed E-state index contributed by atoms with van der Waals surface area (Å²) in [5, 5.41) is 9.35. The number of hydrogen-bond donors (Lipinski definition) is 0. The Morgan fingerprint density at radius 3 is 2.47 bits per heavy atom. The van der Waals surface area contributed by atoms with E-state index in [9.17, 15) is 40.8 Å². The van der Waals surface area contributed by atoms with Crippen molar-refractivity contribution in [1.82, 2.24) is 19.4 Å². The molecule has 0 aliphatic heterocycles. The van der Waals surface area contributed by atoms with Crippen LogP contribution in [0.25, 0.3) is 16.7 Å². The molecular formula is C29H25F4N5O4S. The fourth-order valence-electron chi connectivity index (χ4n) is 4.48. The first-order valence-electron chi connectivity index (χ1n) is 13.0. The van der Waals surface area contributed by atoms with Gasteiger partial charge in [0.15, 0.2) is 15.5 Å². The zero-order valence-corrected chi connectivity index (χ0v) is 23.8. The Hall–Kier alpha value is -4.64. The van der Waals surface area contributed by atoms with E-state index in [0.717, 1.165) is 11.0 Å². The van der Waals surface area contributed by atoms with Crippen molar-refractivity contribution in [3.05, 3.63) is 99.5 Å². The van der Waals surface area contributed by atoms with Gasteiger partial charge in [-0.25, -0.2) is 22.8 Å². The van der Waals surface area contributed by atoms with Crippen LogP contribution in [0, 0.1) is 17.1 Å². The number of aromatic nitrogens is 3. The van der Waals surface area contributed by atoms with E-state index in [1.54, 1.807) is 6.07 Å². The number of hydrogen-bond acceptors (Lipinski definition) is 7. The van der Waals surface area contributed by atoms with Gasteiger partial charge in [-0.1, -0.05) is 13.0 Å². The lowest BCUT2D eigenvalue weighted by atomic mass is 10.1. The lowest BCUT2D eigenvalue weighted by Gasteiger charge is -2.30. The topological polar surface area (TPSA) is 126 Å². The molecule has 0 N–H and O–H groups in total. The van der Waals surface area contributed by atoms with Crippen molar-refractivity contribution in [2.45, 2.75) is 32.5 Å². The molecule has 1 atom stereocenters. The van der Waals surface area contributed by atoms with E-state index in [0.29, 0.717) is 23.4 Å². The van der Waals surface area contributed by atoms with E-state index in [2.05, 4.69) is 9.97 Å². The fraction of sp³-hybridized carbons (Fsp3) is 0.276. The third kappa shape index (κ3) is 6.89. The number of fused-ring (bicyclic) bond motifs is 1. The minimum Gasteiger partial charge on any atom is -0.331 e. The predicted octanol–water partition coefficient (Wildman–Crippen LogP) is 4.38. The molecular weight excluding hydrogens is 590 g/mol. The molecule has 224 valence electrons. The summed E-state index contributed by atoms with van der Waals surface area (Å²) in [6, 6.07) is 12.1. The largest absolute Gasteiger partial charge is 0.419 e. The third-order valence-electron chi connectivity index (χ3n) is 6.86. The second kappa shape index (κ2) is 12.3. The minimum absolute atomic E-state index is 0.00163. The molecule has 1 amide bonds. The number of rotatable bonds is 9. The van der Waals surface area contributed by atoms with Crippen LogP contribution in [0.4, 0.5) is 17.6 Å². The quantitative estimate of drug-likeness (QED) is 0.256. The summed E-state index contributed by atoms with van der Waals surface area (Å²) in [6.07, 6.45) is -4.20. The highest BCUT2D eigenvalue weighted by Crippen LogP contribution is 2.32. The summed E-state index contributed by atoms with van der Waals surface area (Å²) in [5.41, 5.74) is -1.56. The van der Waals surface area contributed by atoms with Crippen LogP contribution in [0.1, 0.15) is 42.4 Å². The number of amides is 1. The van der Waals surface area contributed by atoms with Gasteiger partial charge in [0.25, 0.3) is 5.56 Å². The summed E-state index contributed by atoms with van der Waals surface area (Å²) < 4.78 is 79.8. The summed E-state index contributed by atoms with van der Waals surface area (Å²) in [5.74, 6) is -2.96. The van der Waals surface area contributed by atoms with E-state index in [1.807, 2.05) is 6.07 Å². The van der Waals surface area contributed by atoms with Crippen molar-refractivity contribution in [3.8, 4) is 11.8 Å². The first kappa shape index (κ1) is 31.3. The van der Waals surface area contributed by atoms with Crippen LogP contribution < -0.4 is 5.56 Å². The van der Waals surface area contributed by atoms with E-state index >= 15 is 0 Å². The molecule has 0 bridgehead atoms. The van der Waals surface area contributed by atoms with Gasteiger partial charge in [0.05, 0.1) is 46.5 Å². The smallest absolute Gasteiger partial charge is 0.331 e. The Labute approximate surface area is 244 Å². The van der Waals surface area contributed by atoms with Gasteiger partial charge in [-0.3, -0.25) is 14.2 Å². The molecule has 0 aliphatic rings. The van der Waals surface area contributed by atoms with Crippen LogP contribution in [0.2, 0.25) is 0 Å². The molecule has 0 radical (unpaired) electrons. The number of nitrogens with zero attached hydrogens (tertiary/aromatic N) is 5. The van der Waals surface area contributed by atoms with Crippen molar-refractivity contribution < 1.29 is 30.8 Å². The van der Waals surface area contributed by atoms with Gasteiger partial charge < -0.3 is 4.90 Å². The molecule has 2 aromatic heterocycles. The number of pyridine rings is 1. The minimum atomic E-state index is -5.00. The zero-order chi connectivity index (χ0) is 31.5. The number of carbonyl (C=O) groups is 1. The number of carbonyl (C=O) groups excluding carboxylic acids is 1.